The first kappa shape index (κ1) is 14.5. The smallest absolute Gasteiger partial charge is 0.251 e. The first-order valence-corrected chi connectivity index (χ1v) is 7.37. The number of nitrogens with one attached hydrogen (secondary N) is 1. The molecule has 1 heterocycles. The third kappa shape index (κ3) is 3.55. The standard InChI is InChI=1S/C14H18BrNO3/c1-18-14(6-7-19-10-14)9-16-13(17)12-4-2-11(8-15)3-5-12/h2-5H,6-10H2,1H3,(H,16,17). The van der Waals surface area contributed by atoms with Gasteiger partial charge in [0.05, 0.1) is 6.61 Å². The number of alkyl halides is 1. The Labute approximate surface area is 121 Å². The number of amides is 1. The van der Waals surface area contributed by atoms with Crippen molar-refractivity contribution < 1.29 is 14.3 Å². The first-order chi connectivity index (χ1) is 9.19. The van der Waals surface area contributed by atoms with Crippen molar-refractivity contribution in [1.82, 2.24) is 5.32 Å². The van der Waals surface area contributed by atoms with Crippen LogP contribution >= 0.6 is 15.9 Å². The maximum atomic E-state index is 12.0. The van der Waals surface area contributed by atoms with E-state index in [1.807, 2.05) is 24.3 Å². The van der Waals surface area contributed by atoms with Crippen LogP contribution in [0.1, 0.15) is 22.3 Å². The van der Waals surface area contributed by atoms with Crippen molar-refractivity contribution in [3.63, 3.8) is 0 Å². The predicted molar refractivity (Wildman–Crippen MR) is 76.6 cm³/mol. The lowest BCUT2D eigenvalue weighted by molar-refractivity contribution is -0.0148. The highest BCUT2D eigenvalue weighted by Crippen LogP contribution is 2.21. The minimum Gasteiger partial charge on any atom is -0.378 e. The Hall–Kier alpha value is -0.910. The predicted octanol–water partition coefficient (Wildman–Crippen LogP) is 2.12. The van der Waals surface area contributed by atoms with Crippen molar-refractivity contribution in [3.05, 3.63) is 35.4 Å². The average Bonchev–Trinajstić information content (AvgIpc) is 2.94. The van der Waals surface area contributed by atoms with Gasteiger partial charge in [0.15, 0.2) is 0 Å². The van der Waals surface area contributed by atoms with Crippen LogP contribution in [-0.4, -0.2) is 38.4 Å². The Kier molecular flexibility index (Phi) is 4.96. The minimum atomic E-state index is -0.370. The second-order valence-electron chi connectivity index (χ2n) is 4.70. The van der Waals surface area contributed by atoms with E-state index in [2.05, 4.69) is 21.2 Å². The molecular formula is C14H18BrNO3. The lowest BCUT2D eigenvalue weighted by Gasteiger charge is -2.25. The van der Waals surface area contributed by atoms with Gasteiger partial charge < -0.3 is 14.8 Å². The van der Waals surface area contributed by atoms with Gasteiger partial charge in [0.2, 0.25) is 0 Å². The number of carbonyl (C=O) groups is 1. The molecule has 0 radical (unpaired) electrons. The number of rotatable bonds is 5. The molecule has 0 saturated carbocycles. The molecule has 0 spiro atoms. The highest BCUT2D eigenvalue weighted by atomic mass is 79.9. The Balaban J connectivity index is 1.93. The summed E-state index contributed by atoms with van der Waals surface area (Å²) in [4.78, 5) is 12.0. The Morgan fingerprint density at radius 2 is 2.21 bits per heavy atom. The zero-order valence-corrected chi connectivity index (χ0v) is 12.5. The van der Waals surface area contributed by atoms with Crippen molar-refractivity contribution in [2.45, 2.75) is 17.4 Å². The third-order valence-corrected chi connectivity index (χ3v) is 4.09. The quantitative estimate of drug-likeness (QED) is 0.843. The fourth-order valence-corrected chi connectivity index (χ4v) is 2.42. The number of benzene rings is 1. The SMILES string of the molecule is COC1(CNC(=O)c2ccc(CBr)cc2)CCOC1. The van der Waals surface area contributed by atoms with Crippen LogP contribution in [0.4, 0.5) is 0 Å². The monoisotopic (exact) mass is 327 g/mol. The molecular weight excluding hydrogens is 310 g/mol. The molecule has 1 aliphatic heterocycles. The Bertz CT molecular complexity index is 427. The van der Waals surface area contributed by atoms with Gasteiger partial charge in [0, 0.05) is 37.6 Å². The lowest BCUT2D eigenvalue weighted by Crippen LogP contribution is -2.45. The summed E-state index contributed by atoms with van der Waals surface area (Å²) in [5.74, 6) is -0.0792. The van der Waals surface area contributed by atoms with E-state index in [4.69, 9.17) is 9.47 Å². The van der Waals surface area contributed by atoms with Crippen LogP contribution in [0.5, 0.6) is 0 Å². The molecule has 0 bridgehead atoms. The van der Waals surface area contributed by atoms with Crippen LogP contribution in [0.2, 0.25) is 0 Å². The van der Waals surface area contributed by atoms with Gasteiger partial charge in [-0.1, -0.05) is 28.1 Å². The molecule has 1 unspecified atom stereocenters. The maximum absolute atomic E-state index is 12.0. The topological polar surface area (TPSA) is 47.6 Å². The number of hydrogen-bond donors (Lipinski definition) is 1. The number of halogens is 1. The van der Waals surface area contributed by atoms with E-state index < -0.39 is 0 Å². The molecule has 1 aliphatic rings. The first-order valence-electron chi connectivity index (χ1n) is 6.25. The van der Waals surface area contributed by atoms with Gasteiger partial charge in [-0.2, -0.15) is 0 Å². The van der Waals surface area contributed by atoms with Crippen LogP contribution in [0.25, 0.3) is 0 Å². The molecule has 1 aromatic rings. The molecule has 104 valence electrons. The third-order valence-electron chi connectivity index (χ3n) is 3.44. The summed E-state index contributed by atoms with van der Waals surface area (Å²) in [6.45, 7) is 1.69. The van der Waals surface area contributed by atoms with E-state index in [-0.39, 0.29) is 11.5 Å². The van der Waals surface area contributed by atoms with Gasteiger partial charge in [0.1, 0.15) is 5.60 Å². The van der Waals surface area contributed by atoms with Crippen LogP contribution in [0.15, 0.2) is 24.3 Å². The molecule has 19 heavy (non-hydrogen) atoms. The van der Waals surface area contributed by atoms with Crippen molar-refractivity contribution in [2.75, 3.05) is 26.9 Å². The van der Waals surface area contributed by atoms with Crippen LogP contribution in [-0.2, 0) is 14.8 Å². The zero-order valence-electron chi connectivity index (χ0n) is 10.9. The molecule has 1 amide bonds. The second kappa shape index (κ2) is 6.50. The summed E-state index contributed by atoms with van der Waals surface area (Å²) in [5.41, 5.74) is 1.44. The van der Waals surface area contributed by atoms with Gasteiger partial charge in [-0.25, -0.2) is 0 Å². The van der Waals surface area contributed by atoms with Gasteiger partial charge in [0.25, 0.3) is 5.91 Å². The summed E-state index contributed by atoms with van der Waals surface area (Å²) in [5, 5.41) is 3.71. The van der Waals surface area contributed by atoms with E-state index >= 15 is 0 Å². The Morgan fingerprint density at radius 1 is 1.47 bits per heavy atom. The number of ether oxygens (including phenoxy) is 2. The average molecular weight is 328 g/mol. The number of methoxy groups -OCH3 is 1. The summed E-state index contributed by atoms with van der Waals surface area (Å²) < 4.78 is 10.8. The zero-order chi connectivity index (χ0) is 13.7. The molecule has 1 atom stereocenters. The van der Waals surface area contributed by atoms with Gasteiger partial charge in [-0.3, -0.25) is 4.79 Å². The number of carbonyl (C=O) groups excluding carboxylic acids is 1. The molecule has 0 aliphatic carbocycles. The Morgan fingerprint density at radius 3 is 2.74 bits per heavy atom. The summed E-state index contributed by atoms with van der Waals surface area (Å²) in [6, 6.07) is 7.54. The molecule has 1 saturated heterocycles. The molecule has 0 aromatic heterocycles. The normalized spacial score (nSPS) is 22.4. The van der Waals surface area contributed by atoms with Crippen LogP contribution in [0, 0.1) is 0 Å². The fourth-order valence-electron chi connectivity index (χ4n) is 2.05. The van der Waals surface area contributed by atoms with Crippen molar-refractivity contribution in [1.29, 1.82) is 0 Å². The summed E-state index contributed by atoms with van der Waals surface area (Å²) in [6.07, 6.45) is 0.812. The van der Waals surface area contributed by atoms with E-state index in [0.717, 1.165) is 17.3 Å². The maximum Gasteiger partial charge on any atom is 0.251 e. The molecule has 2 rings (SSSR count). The highest BCUT2D eigenvalue weighted by Gasteiger charge is 2.35. The summed E-state index contributed by atoms with van der Waals surface area (Å²) >= 11 is 3.38. The van der Waals surface area contributed by atoms with Gasteiger partial charge in [-0.15, -0.1) is 0 Å². The molecule has 4 nitrogen and oxygen atoms in total. The fraction of sp³-hybridized carbons (Fsp3) is 0.500. The lowest BCUT2D eigenvalue weighted by atomic mass is 10.0. The van der Waals surface area contributed by atoms with Crippen molar-refractivity contribution >= 4 is 21.8 Å². The van der Waals surface area contributed by atoms with E-state index in [9.17, 15) is 4.79 Å². The van der Waals surface area contributed by atoms with E-state index in [1.54, 1.807) is 7.11 Å². The van der Waals surface area contributed by atoms with Crippen molar-refractivity contribution in [2.24, 2.45) is 0 Å². The summed E-state index contributed by atoms with van der Waals surface area (Å²) in [7, 11) is 1.66. The molecule has 1 fully saturated rings. The second-order valence-corrected chi connectivity index (χ2v) is 5.26. The largest absolute Gasteiger partial charge is 0.378 e. The molecule has 1 aromatic carbocycles. The molecule has 1 N–H and O–H groups in total. The van der Waals surface area contributed by atoms with Crippen LogP contribution in [0.3, 0.4) is 0 Å². The minimum absolute atomic E-state index is 0.0792. The van der Waals surface area contributed by atoms with Crippen LogP contribution < -0.4 is 5.32 Å². The van der Waals surface area contributed by atoms with E-state index in [1.165, 1.54) is 0 Å². The van der Waals surface area contributed by atoms with Gasteiger partial charge >= 0.3 is 0 Å². The van der Waals surface area contributed by atoms with E-state index in [0.29, 0.717) is 25.3 Å². The number of hydrogen-bond acceptors (Lipinski definition) is 3. The highest BCUT2D eigenvalue weighted by molar-refractivity contribution is 9.08. The van der Waals surface area contributed by atoms with Gasteiger partial charge in [-0.05, 0) is 17.7 Å². The van der Waals surface area contributed by atoms with Crippen molar-refractivity contribution in [3.8, 4) is 0 Å². The molecule has 5 heteroatoms.